The molecule has 6 nitrogen and oxygen atoms in total. The van der Waals surface area contributed by atoms with Crippen molar-refractivity contribution in [1.29, 1.82) is 0 Å². The number of morpholine rings is 1. The van der Waals surface area contributed by atoms with Crippen LogP contribution in [-0.4, -0.2) is 71.4 Å². The molecule has 2 aliphatic rings. The summed E-state index contributed by atoms with van der Waals surface area (Å²) < 4.78 is 7.49. The van der Waals surface area contributed by atoms with E-state index < -0.39 is 0 Å². The molecule has 0 aliphatic carbocycles. The molecular formula is C24H30N4O2S. The SMILES string of the molecule is Cc1nn(Cc2ccccc2)c2sc(C(=O)N3CCC(CN4CCOCC4)CC3)cc12. The van der Waals surface area contributed by atoms with E-state index in [1.807, 2.05) is 28.6 Å². The van der Waals surface area contributed by atoms with Crippen LogP contribution >= 0.6 is 11.3 Å². The maximum atomic E-state index is 13.2. The summed E-state index contributed by atoms with van der Waals surface area (Å²) in [7, 11) is 0. The molecule has 1 amide bonds. The van der Waals surface area contributed by atoms with Crippen molar-refractivity contribution in [2.75, 3.05) is 45.9 Å². The average molecular weight is 439 g/mol. The summed E-state index contributed by atoms with van der Waals surface area (Å²) in [5, 5.41) is 5.82. The molecule has 0 atom stereocenters. The maximum Gasteiger partial charge on any atom is 0.264 e. The molecule has 0 bridgehead atoms. The lowest BCUT2D eigenvalue weighted by Gasteiger charge is -2.35. The van der Waals surface area contributed by atoms with E-state index in [-0.39, 0.29) is 5.91 Å². The van der Waals surface area contributed by atoms with E-state index in [2.05, 4.69) is 29.2 Å². The monoisotopic (exact) mass is 438 g/mol. The molecule has 7 heteroatoms. The van der Waals surface area contributed by atoms with Crippen molar-refractivity contribution in [2.45, 2.75) is 26.3 Å². The molecule has 31 heavy (non-hydrogen) atoms. The van der Waals surface area contributed by atoms with Gasteiger partial charge in [-0.05, 0) is 37.3 Å². The van der Waals surface area contributed by atoms with Crippen molar-refractivity contribution >= 4 is 27.5 Å². The number of carbonyl (C=O) groups is 1. The molecule has 0 spiro atoms. The van der Waals surface area contributed by atoms with E-state index in [1.54, 1.807) is 11.3 Å². The number of aromatic nitrogens is 2. The van der Waals surface area contributed by atoms with Crippen molar-refractivity contribution in [3.8, 4) is 0 Å². The molecule has 0 saturated carbocycles. The molecular weight excluding hydrogens is 408 g/mol. The Morgan fingerprint density at radius 3 is 2.61 bits per heavy atom. The van der Waals surface area contributed by atoms with Gasteiger partial charge in [0.1, 0.15) is 4.83 Å². The lowest BCUT2D eigenvalue weighted by molar-refractivity contribution is 0.0243. The summed E-state index contributed by atoms with van der Waals surface area (Å²) in [5.74, 6) is 0.864. The predicted octanol–water partition coefficient (Wildman–Crippen LogP) is 3.64. The van der Waals surface area contributed by atoms with E-state index in [0.717, 1.165) is 86.1 Å². The van der Waals surface area contributed by atoms with Crippen LogP contribution in [0.25, 0.3) is 10.2 Å². The molecule has 2 aliphatic heterocycles. The average Bonchev–Trinajstić information content (AvgIpc) is 3.36. The highest BCUT2D eigenvalue weighted by Gasteiger charge is 2.27. The number of fused-ring (bicyclic) bond motifs is 1. The van der Waals surface area contributed by atoms with Gasteiger partial charge in [-0.3, -0.25) is 14.4 Å². The first-order valence-corrected chi connectivity index (χ1v) is 12.1. The predicted molar refractivity (Wildman–Crippen MR) is 124 cm³/mol. The van der Waals surface area contributed by atoms with Crippen molar-refractivity contribution in [2.24, 2.45) is 5.92 Å². The molecule has 1 aromatic carbocycles. The Hall–Kier alpha value is -2.22. The largest absolute Gasteiger partial charge is 0.379 e. The number of piperidine rings is 1. The number of carbonyl (C=O) groups excluding carboxylic acids is 1. The lowest BCUT2D eigenvalue weighted by Crippen LogP contribution is -2.44. The van der Waals surface area contributed by atoms with Gasteiger partial charge >= 0.3 is 0 Å². The molecule has 0 N–H and O–H groups in total. The topological polar surface area (TPSA) is 50.6 Å². The summed E-state index contributed by atoms with van der Waals surface area (Å²) in [6.45, 7) is 9.40. The van der Waals surface area contributed by atoms with Crippen molar-refractivity contribution < 1.29 is 9.53 Å². The van der Waals surface area contributed by atoms with Crippen LogP contribution in [0.2, 0.25) is 0 Å². The third-order valence-electron chi connectivity index (χ3n) is 6.52. The summed E-state index contributed by atoms with van der Waals surface area (Å²) in [5.41, 5.74) is 2.21. The highest BCUT2D eigenvalue weighted by atomic mass is 32.1. The number of thiophene rings is 1. The number of hydrogen-bond donors (Lipinski definition) is 0. The zero-order valence-electron chi connectivity index (χ0n) is 18.1. The first-order chi connectivity index (χ1) is 15.2. The van der Waals surface area contributed by atoms with Gasteiger partial charge in [-0.15, -0.1) is 11.3 Å². The standard InChI is InChI=1S/C24H30N4O2S/c1-18-21-15-22(31-24(21)28(25-18)17-19-5-3-2-4-6-19)23(29)27-9-7-20(8-10-27)16-26-11-13-30-14-12-26/h2-6,15,20H,7-14,16-17H2,1H3. The first kappa shape index (κ1) is 20.7. The third-order valence-corrected chi connectivity index (χ3v) is 7.65. The van der Waals surface area contributed by atoms with Crippen LogP contribution in [0.1, 0.15) is 33.8 Å². The highest BCUT2D eigenvalue weighted by Crippen LogP contribution is 2.31. The second-order valence-electron chi connectivity index (χ2n) is 8.71. The Labute approximate surface area is 187 Å². The fourth-order valence-electron chi connectivity index (χ4n) is 4.70. The number of amides is 1. The maximum absolute atomic E-state index is 13.2. The van der Waals surface area contributed by atoms with Crippen LogP contribution in [0.5, 0.6) is 0 Å². The molecule has 4 heterocycles. The fraction of sp³-hybridized carbons (Fsp3) is 0.500. The van der Waals surface area contributed by atoms with Gasteiger partial charge in [0.15, 0.2) is 0 Å². The summed E-state index contributed by atoms with van der Waals surface area (Å²) >= 11 is 1.58. The number of aryl methyl sites for hydroxylation is 1. The smallest absolute Gasteiger partial charge is 0.264 e. The summed E-state index contributed by atoms with van der Waals surface area (Å²) in [6, 6.07) is 12.4. The van der Waals surface area contributed by atoms with Crippen LogP contribution in [0.3, 0.4) is 0 Å². The highest BCUT2D eigenvalue weighted by molar-refractivity contribution is 7.20. The van der Waals surface area contributed by atoms with Gasteiger partial charge in [-0.1, -0.05) is 30.3 Å². The molecule has 164 valence electrons. The van der Waals surface area contributed by atoms with E-state index in [4.69, 9.17) is 9.84 Å². The van der Waals surface area contributed by atoms with Gasteiger partial charge in [0.2, 0.25) is 0 Å². The van der Waals surface area contributed by atoms with Gasteiger partial charge in [0.25, 0.3) is 5.91 Å². The Morgan fingerprint density at radius 1 is 1.13 bits per heavy atom. The molecule has 0 unspecified atom stereocenters. The minimum atomic E-state index is 0.177. The van der Waals surface area contributed by atoms with Crippen molar-refractivity contribution in [3.05, 3.63) is 52.5 Å². The minimum Gasteiger partial charge on any atom is -0.379 e. The Kier molecular flexibility index (Phi) is 6.07. The van der Waals surface area contributed by atoms with E-state index in [0.29, 0.717) is 5.92 Å². The Balaban J connectivity index is 1.24. The second-order valence-corrected chi connectivity index (χ2v) is 9.74. The molecule has 0 radical (unpaired) electrons. The van der Waals surface area contributed by atoms with Gasteiger partial charge in [-0.2, -0.15) is 5.10 Å². The number of likely N-dealkylation sites (tertiary alicyclic amines) is 1. The number of benzene rings is 1. The minimum absolute atomic E-state index is 0.177. The zero-order valence-corrected chi connectivity index (χ0v) is 18.9. The zero-order chi connectivity index (χ0) is 21.2. The van der Waals surface area contributed by atoms with Crippen molar-refractivity contribution in [3.63, 3.8) is 0 Å². The number of nitrogens with zero attached hydrogens (tertiary/aromatic N) is 4. The first-order valence-electron chi connectivity index (χ1n) is 11.3. The van der Waals surface area contributed by atoms with E-state index in [1.165, 1.54) is 5.56 Å². The molecule has 2 fully saturated rings. The van der Waals surface area contributed by atoms with E-state index in [9.17, 15) is 4.79 Å². The quantitative estimate of drug-likeness (QED) is 0.610. The van der Waals surface area contributed by atoms with Gasteiger partial charge in [0.05, 0.1) is 30.3 Å². The van der Waals surface area contributed by atoms with Crippen LogP contribution in [0, 0.1) is 12.8 Å². The van der Waals surface area contributed by atoms with Crippen LogP contribution < -0.4 is 0 Å². The number of ether oxygens (including phenoxy) is 1. The van der Waals surface area contributed by atoms with Crippen LogP contribution in [0.4, 0.5) is 0 Å². The van der Waals surface area contributed by atoms with Gasteiger partial charge in [0, 0.05) is 38.1 Å². The number of rotatable bonds is 5. The third kappa shape index (κ3) is 4.54. The Bertz CT molecular complexity index is 1030. The fourth-order valence-corrected chi connectivity index (χ4v) is 5.83. The number of hydrogen-bond acceptors (Lipinski definition) is 5. The Morgan fingerprint density at radius 2 is 1.87 bits per heavy atom. The molecule has 2 aromatic heterocycles. The van der Waals surface area contributed by atoms with Gasteiger partial charge < -0.3 is 9.64 Å². The van der Waals surface area contributed by atoms with Crippen molar-refractivity contribution in [1.82, 2.24) is 19.6 Å². The van der Waals surface area contributed by atoms with Crippen LogP contribution in [0.15, 0.2) is 36.4 Å². The molecule has 3 aromatic rings. The second kappa shape index (κ2) is 9.10. The summed E-state index contributed by atoms with van der Waals surface area (Å²) in [6.07, 6.45) is 2.18. The van der Waals surface area contributed by atoms with Gasteiger partial charge in [-0.25, -0.2) is 0 Å². The molecule has 5 rings (SSSR count). The normalized spacial score (nSPS) is 18.7. The lowest BCUT2D eigenvalue weighted by atomic mass is 9.96. The summed E-state index contributed by atoms with van der Waals surface area (Å²) in [4.78, 5) is 19.7. The molecule has 2 saturated heterocycles. The van der Waals surface area contributed by atoms with Crippen LogP contribution in [-0.2, 0) is 11.3 Å². The van der Waals surface area contributed by atoms with E-state index >= 15 is 0 Å².